The highest BCUT2D eigenvalue weighted by Gasteiger charge is 2.05. The van der Waals surface area contributed by atoms with E-state index >= 15 is 0 Å². The van der Waals surface area contributed by atoms with E-state index in [1.54, 1.807) is 11.8 Å². The zero-order valence-corrected chi connectivity index (χ0v) is 12.4. The maximum absolute atomic E-state index is 11.6. The summed E-state index contributed by atoms with van der Waals surface area (Å²) >= 11 is 4.97. The van der Waals surface area contributed by atoms with Crippen molar-refractivity contribution in [2.45, 2.75) is 18.2 Å². The van der Waals surface area contributed by atoms with Gasteiger partial charge in [-0.3, -0.25) is 4.79 Å². The maximum atomic E-state index is 11.6. The number of amides is 1. The predicted molar refractivity (Wildman–Crippen MR) is 77.8 cm³/mol. The summed E-state index contributed by atoms with van der Waals surface area (Å²) in [6.45, 7) is 2.91. The van der Waals surface area contributed by atoms with Crippen LogP contribution in [0.15, 0.2) is 35.2 Å². The number of benzene rings is 1. The van der Waals surface area contributed by atoms with E-state index in [0.29, 0.717) is 11.7 Å². The van der Waals surface area contributed by atoms with Crippen molar-refractivity contribution in [3.63, 3.8) is 0 Å². The van der Waals surface area contributed by atoms with Crippen LogP contribution in [0.4, 0.5) is 0 Å². The molecule has 0 fully saturated rings. The minimum absolute atomic E-state index is 0.111. The van der Waals surface area contributed by atoms with Crippen molar-refractivity contribution < 1.29 is 4.79 Å². The Balaban J connectivity index is 2.17. The predicted octanol–water partition coefficient (Wildman–Crippen LogP) is 3.32. The van der Waals surface area contributed by atoms with Crippen LogP contribution in [0.25, 0.3) is 0 Å². The molecule has 1 unspecified atom stereocenters. The van der Waals surface area contributed by atoms with Gasteiger partial charge in [-0.1, -0.05) is 41.1 Å². The number of halogens is 1. The lowest BCUT2D eigenvalue weighted by Gasteiger charge is -2.10. The van der Waals surface area contributed by atoms with E-state index in [4.69, 9.17) is 0 Å². The molecule has 17 heavy (non-hydrogen) atoms. The third kappa shape index (κ3) is 6.74. The number of hydrogen-bond acceptors (Lipinski definition) is 2. The van der Waals surface area contributed by atoms with Gasteiger partial charge >= 0.3 is 0 Å². The molecule has 0 bridgehead atoms. The van der Waals surface area contributed by atoms with Crippen molar-refractivity contribution in [3.8, 4) is 0 Å². The van der Waals surface area contributed by atoms with E-state index in [9.17, 15) is 4.79 Å². The molecule has 1 amide bonds. The first kappa shape index (κ1) is 14.6. The van der Waals surface area contributed by atoms with E-state index < -0.39 is 0 Å². The van der Waals surface area contributed by atoms with Gasteiger partial charge in [0.15, 0.2) is 0 Å². The molecule has 94 valence electrons. The Morgan fingerprint density at radius 1 is 1.41 bits per heavy atom. The number of alkyl halides is 1. The Kier molecular flexibility index (Phi) is 7.37. The second kappa shape index (κ2) is 8.59. The van der Waals surface area contributed by atoms with Gasteiger partial charge in [-0.15, -0.1) is 11.8 Å². The van der Waals surface area contributed by atoms with Crippen molar-refractivity contribution >= 4 is 33.6 Å². The van der Waals surface area contributed by atoms with Crippen molar-refractivity contribution in [3.05, 3.63) is 30.3 Å². The van der Waals surface area contributed by atoms with Crippen LogP contribution in [0, 0.1) is 5.92 Å². The van der Waals surface area contributed by atoms with E-state index in [2.05, 4.69) is 28.2 Å². The average molecular weight is 316 g/mol. The summed E-state index contributed by atoms with van der Waals surface area (Å²) in [5.41, 5.74) is 0. The van der Waals surface area contributed by atoms with Crippen LogP contribution in [0.3, 0.4) is 0 Å². The van der Waals surface area contributed by atoms with Gasteiger partial charge in [-0.2, -0.15) is 0 Å². The smallest absolute Gasteiger partial charge is 0.230 e. The summed E-state index contributed by atoms with van der Waals surface area (Å²) in [5, 5.41) is 3.95. The molecule has 0 saturated heterocycles. The van der Waals surface area contributed by atoms with E-state index in [0.717, 1.165) is 23.2 Å². The lowest BCUT2D eigenvalue weighted by Crippen LogP contribution is -2.29. The quantitative estimate of drug-likeness (QED) is 0.618. The molecule has 0 spiro atoms. The zero-order valence-electron chi connectivity index (χ0n) is 9.99. The van der Waals surface area contributed by atoms with E-state index in [-0.39, 0.29) is 5.91 Å². The maximum Gasteiger partial charge on any atom is 0.230 e. The molecule has 0 radical (unpaired) electrons. The minimum atomic E-state index is 0.111. The Labute approximate surface area is 116 Å². The minimum Gasteiger partial charge on any atom is -0.355 e. The van der Waals surface area contributed by atoms with Crippen LogP contribution in [0.2, 0.25) is 0 Å². The number of carbonyl (C=O) groups is 1. The van der Waals surface area contributed by atoms with Crippen LogP contribution < -0.4 is 5.32 Å². The van der Waals surface area contributed by atoms with Crippen molar-refractivity contribution in [2.24, 2.45) is 5.92 Å². The molecule has 1 rings (SSSR count). The zero-order chi connectivity index (χ0) is 12.5. The van der Waals surface area contributed by atoms with Gasteiger partial charge in [0.05, 0.1) is 5.75 Å². The third-order valence-electron chi connectivity index (χ3n) is 2.36. The molecule has 0 saturated carbocycles. The fourth-order valence-electron chi connectivity index (χ4n) is 1.29. The first-order chi connectivity index (χ1) is 8.22. The number of carbonyl (C=O) groups excluding carboxylic acids is 1. The molecule has 0 aliphatic carbocycles. The SMILES string of the molecule is CC(CCBr)CNC(=O)CSc1ccccc1. The highest BCUT2D eigenvalue weighted by molar-refractivity contribution is 9.09. The molecule has 1 aromatic rings. The third-order valence-corrected chi connectivity index (χ3v) is 3.83. The van der Waals surface area contributed by atoms with Crippen LogP contribution in [-0.2, 0) is 4.79 Å². The Bertz CT molecular complexity index is 331. The highest BCUT2D eigenvalue weighted by Crippen LogP contribution is 2.16. The molecule has 4 heteroatoms. The van der Waals surface area contributed by atoms with E-state index in [1.807, 2.05) is 30.3 Å². The fraction of sp³-hybridized carbons (Fsp3) is 0.462. The van der Waals surface area contributed by atoms with Gasteiger partial charge in [0.25, 0.3) is 0 Å². The molecule has 0 aliphatic rings. The molecule has 2 nitrogen and oxygen atoms in total. The van der Waals surface area contributed by atoms with Gasteiger partial charge in [-0.05, 0) is 24.5 Å². The molecule has 0 aromatic heterocycles. The highest BCUT2D eigenvalue weighted by atomic mass is 79.9. The largest absolute Gasteiger partial charge is 0.355 e. The lowest BCUT2D eigenvalue weighted by atomic mass is 10.1. The summed E-state index contributed by atoms with van der Waals surface area (Å²) in [6.07, 6.45) is 1.09. The molecule has 1 aromatic carbocycles. The fourth-order valence-corrected chi connectivity index (χ4v) is 2.82. The summed E-state index contributed by atoms with van der Waals surface area (Å²) in [5.74, 6) is 1.13. The van der Waals surface area contributed by atoms with Crippen LogP contribution in [-0.4, -0.2) is 23.5 Å². The topological polar surface area (TPSA) is 29.1 Å². The Hall–Kier alpha value is -0.480. The first-order valence-electron chi connectivity index (χ1n) is 5.73. The summed E-state index contributed by atoms with van der Waals surface area (Å²) in [6, 6.07) is 9.99. The number of hydrogen-bond donors (Lipinski definition) is 1. The molecule has 1 N–H and O–H groups in total. The number of nitrogens with one attached hydrogen (secondary N) is 1. The van der Waals surface area contributed by atoms with Gasteiger partial charge in [-0.25, -0.2) is 0 Å². The molecular formula is C13H18BrNOS. The first-order valence-corrected chi connectivity index (χ1v) is 7.83. The molecular weight excluding hydrogens is 298 g/mol. The van der Waals surface area contributed by atoms with Crippen LogP contribution in [0.5, 0.6) is 0 Å². The average Bonchev–Trinajstić information content (AvgIpc) is 2.35. The summed E-state index contributed by atoms with van der Waals surface area (Å²) in [4.78, 5) is 12.7. The van der Waals surface area contributed by atoms with Crippen molar-refractivity contribution in [2.75, 3.05) is 17.6 Å². The summed E-state index contributed by atoms with van der Waals surface area (Å²) < 4.78 is 0. The molecule has 1 atom stereocenters. The van der Waals surface area contributed by atoms with Crippen LogP contribution >= 0.6 is 27.7 Å². The van der Waals surface area contributed by atoms with Crippen molar-refractivity contribution in [1.29, 1.82) is 0 Å². The Morgan fingerprint density at radius 3 is 2.76 bits per heavy atom. The molecule has 0 aliphatic heterocycles. The van der Waals surface area contributed by atoms with Gasteiger partial charge in [0, 0.05) is 16.8 Å². The van der Waals surface area contributed by atoms with Gasteiger partial charge in [0.1, 0.15) is 0 Å². The van der Waals surface area contributed by atoms with Crippen molar-refractivity contribution in [1.82, 2.24) is 5.32 Å². The Morgan fingerprint density at radius 2 is 2.12 bits per heavy atom. The second-order valence-electron chi connectivity index (χ2n) is 3.99. The monoisotopic (exact) mass is 315 g/mol. The van der Waals surface area contributed by atoms with Crippen LogP contribution in [0.1, 0.15) is 13.3 Å². The number of thioether (sulfide) groups is 1. The van der Waals surface area contributed by atoms with Gasteiger partial charge < -0.3 is 5.32 Å². The normalized spacial score (nSPS) is 12.1. The lowest BCUT2D eigenvalue weighted by molar-refractivity contribution is -0.118. The van der Waals surface area contributed by atoms with Gasteiger partial charge in [0.2, 0.25) is 5.91 Å². The van der Waals surface area contributed by atoms with E-state index in [1.165, 1.54) is 0 Å². The molecule has 0 heterocycles. The standard InChI is InChI=1S/C13H18BrNOS/c1-11(7-8-14)9-15-13(16)10-17-12-5-3-2-4-6-12/h2-6,11H,7-10H2,1H3,(H,15,16). The second-order valence-corrected chi connectivity index (χ2v) is 5.83. The number of rotatable bonds is 7. The summed E-state index contributed by atoms with van der Waals surface area (Å²) in [7, 11) is 0.